The first-order valence-electron chi connectivity index (χ1n) is 33.6. The normalized spacial score (nSPS) is 17.5. The molecule has 2 atom stereocenters. The molecular weight excluding hydrogens is 1160 g/mol. The number of hydrogen-bond acceptors (Lipinski definition) is 3. The van der Waals surface area contributed by atoms with E-state index in [1.54, 1.807) is 0 Å². The van der Waals surface area contributed by atoms with Crippen molar-refractivity contribution in [3.63, 3.8) is 0 Å². The van der Waals surface area contributed by atoms with Crippen molar-refractivity contribution in [2.75, 3.05) is 9.80 Å². The zero-order valence-corrected chi connectivity index (χ0v) is 55.2. The van der Waals surface area contributed by atoms with Gasteiger partial charge in [-0.1, -0.05) is 237 Å². The average molecular weight is 1230 g/mol. The third kappa shape index (κ3) is 7.72. The van der Waals surface area contributed by atoms with Gasteiger partial charge < -0.3 is 14.4 Å². The second kappa shape index (κ2) is 19.6. The molecule has 2 unspecified atom stereocenters. The van der Waals surface area contributed by atoms with Gasteiger partial charge in [0.15, 0.2) is 0 Å². The van der Waals surface area contributed by atoms with Gasteiger partial charge in [-0.15, -0.1) is 11.3 Å². The van der Waals surface area contributed by atoms with E-state index in [2.05, 4.69) is 343 Å². The molecule has 14 aromatic rings. The lowest BCUT2D eigenvalue weighted by atomic mass is 9.74. The van der Waals surface area contributed by atoms with Gasteiger partial charge in [-0.05, 0) is 191 Å². The van der Waals surface area contributed by atoms with Crippen molar-refractivity contribution in [1.82, 2.24) is 4.57 Å². The lowest BCUT2D eigenvalue weighted by molar-refractivity contribution is 0.392. The van der Waals surface area contributed by atoms with Gasteiger partial charge in [-0.3, -0.25) is 0 Å². The summed E-state index contributed by atoms with van der Waals surface area (Å²) in [5.41, 5.74) is 30.6. The van der Waals surface area contributed by atoms with Crippen LogP contribution in [0.25, 0.3) is 92.2 Å². The highest BCUT2D eigenvalue weighted by atomic mass is 32.1. The van der Waals surface area contributed by atoms with Crippen LogP contribution in [0.1, 0.15) is 106 Å². The van der Waals surface area contributed by atoms with E-state index in [1.807, 2.05) is 11.3 Å². The van der Waals surface area contributed by atoms with Crippen LogP contribution in [0.15, 0.2) is 279 Å². The molecule has 0 spiro atoms. The summed E-state index contributed by atoms with van der Waals surface area (Å²) in [7, 11) is 0. The van der Waals surface area contributed by atoms with E-state index in [4.69, 9.17) is 0 Å². The number of para-hydroxylation sites is 1. The Labute approximate surface area is 554 Å². The molecule has 0 N–H and O–H groups in total. The molecule has 2 heterocycles. The fraction of sp³-hybridized carbons (Fsp3) is 0.156. The molecule has 452 valence electrons. The molecule has 4 heteroatoms. The summed E-state index contributed by atoms with van der Waals surface area (Å²) in [5.74, 6) is 0.499. The third-order valence-electron chi connectivity index (χ3n) is 22.8. The fourth-order valence-corrected chi connectivity index (χ4v) is 19.3. The van der Waals surface area contributed by atoms with Gasteiger partial charge in [0.25, 0.3) is 0 Å². The van der Waals surface area contributed by atoms with E-state index in [-0.39, 0.29) is 33.5 Å². The SMILES string of the molecule is CC1(C)c2ccccc2-c2ccc(N(C3=CC4C(C=C3)c3ccccc3C4(C)C)c3cc(-c4ccc5c6c7sc8ccccc8c7ccc6n(-c6ccccc6)c5c4)cc(N(c4ccc5c(c4)C(C)(C)c4ccccc4-5)c4ccc5c(c4)C(C)(C)c4ccccc4-5)c3)cc21. The minimum Gasteiger partial charge on any atom is -0.311 e. The van der Waals surface area contributed by atoms with E-state index in [9.17, 15) is 0 Å². The van der Waals surface area contributed by atoms with Crippen molar-refractivity contribution in [3.8, 4) is 50.2 Å². The molecule has 5 aliphatic rings. The third-order valence-corrected chi connectivity index (χ3v) is 24.0. The van der Waals surface area contributed by atoms with Crippen LogP contribution in [0.3, 0.4) is 0 Å². The predicted molar refractivity (Wildman–Crippen MR) is 398 cm³/mol. The number of thiophene rings is 1. The second-order valence-electron chi connectivity index (χ2n) is 29.3. The maximum Gasteiger partial charge on any atom is 0.0555 e. The van der Waals surface area contributed by atoms with Crippen molar-refractivity contribution >= 4 is 81.8 Å². The second-order valence-corrected chi connectivity index (χ2v) is 30.3. The summed E-state index contributed by atoms with van der Waals surface area (Å²) in [5, 5.41) is 5.16. The Balaban J connectivity index is 0.897. The van der Waals surface area contributed by atoms with Crippen LogP contribution in [0.2, 0.25) is 0 Å². The summed E-state index contributed by atoms with van der Waals surface area (Å²) in [6, 6.07) is 97.7. The van der Waals surface area contributed by atoms with E-state index in [1.165, 1.54) is 126 Å². The smallest absolute Gasteiger partial charge is 0.0555 e. The Kier molecular flexibility index (Phi) is 11.6. The summed E-state index contributed by atoms with van der Waals surface area (Å²) < 4.78 is 5.15. The molecule has 0 fully saturated rings. The maximum absolute atomic E-state index is 2.63. The Morgan fingerprint density at radius 1 is 0.362 bits per heavy atom. The summed E-state index contributed by atoms with van der Waals surface area (Å²) >= 11 is 1.91. The highest BCUT2D eigenvalue weighted by molar-refractivity contribution is 7.26. The number of fused-ring (bicyclic) bond motifs is 19. The van der Waals surface area contributed by atoms with Crippen molar-refractivity contribution < 1.29 is 0 Å². The number of aromatic nitrogens is 1. The standard InChI is InChI=1S/C90H71N3S/c1-87(2)74-29-17-12-24-63(74)67-40-35-57(50-78(67)87)91(58-36-41-68-64-25-13-18-30-75(64)88(3,4)79(68)51-58)61-46-55(54-34-39-73-83(48-54)93(56-22-10-9-11-23-56)82-45-44-72-71-28-16-21-33-84(71)94-86(72)85(73)82)47-62(49-61)92(59-37-42-69-65-26-14-19-31-76(65)89(5,6)80(69)52-59)60-38-43-70-66-27-15-20-32-77(66)90(7,8)81(70)53-60/h9-53,67,78H,1-8H3. The Hall–Kier alpha value is -10.3. The molecular formula is C90H71N3S. The van der Waals surface area contributed by atoms with Crippen LogP contribution in [-0.4, -0.2) is 4.57 Å². The van der Waals surface area contributed by atoms with Gasteiger partial charge in [0.1, 0.15) is 0 Å². The number of nitrogens with zero attached hydrogens (tertiary/aromatic N) is 3. The highest BCUT2D eigenvalue weighted by Crippen LogP contribution is 2.58. The summed E-state index contributed by atoms with van der Waals surface area (Å²) in [6.07, 6.45) is 7.58. The molecule has 0 aliphatic heterocycles. The lowest BCUT2D eigenvalue weighted by Gasteiger charge is -2.36. The van der Waals surface area contributed by atoms with Gasteiger partial charge in [-0.2, -0.15) is 0 Å². The highest BCUT2D eigenvalue weighted by Gasteiger charge is 2.46. The van der Waals surface area contributed by atoms with Crippen LogP contribution in [0.5, 0.6) is 0 Å². The van der Waals surface area contributed by atoms with Gasteiger partial charge in [0.2, 0.25) is 0 Å². The monoisotopic (exact) mass is 1230 g/mol. The largest absolute Gasteiger partial charge is 0.311 e. The molecule has 0 bridgehead atoms. The van der Waals surface area contributed by atoms with Gasteiger partial charge >= 0.3 is 0 Å². The fourth-order valence-electron chi connectivity index (χ4n) is 18.0. The molecule has 12 aromatic carbocycles. The van der Waals surface area contributed by atoms with Crippen molar-refractivity contribution in [2.24, 2.45) is 5.92 Å². The molecule has 94 heavy (non-hydrogen) atoms. The molecule has 0 saturated heterocycles. The lowest BCUT2D eigenvalue weighted by Crippen LogP contribution is -2.28. The number of anilines is 5. The number of allylic oxidation sites excluding steroid dienone is 3. The first-order chi connectivity index (χ1) is 45.6. The summed E-state index contributed by atoms with van der Waals surface area (Å²) in [6.45, 7) is 19.4. The topological polar surface area (TPSA) is 11.4 Å². The van der Waals surface area contributed by atoms with Crippen LogP contribution < -0.4 is 9.80 Å². The Bertz CT molecular complexity index is 5550. The number of rotatable bonds is 8. The maximum atomic E-state index is 2.63. The Morgan fingerprint density at radius 3 is 1.47 bits per heavy atom. The first-order valence-corrected chi connectivity index (χ1v) is 34.4. The quantitative estimate of drug-likeness (QED) is 0.150. The van der Waals surface area contributed by atoms with E-state index in [0.29, 0.717) is 0 Å². The molecule has 0 saturated carbocycles. The zero-order chi connectivity index (χ0) is 63.3. The van der Waals surface area contributed by atoms with Crippen LogP contribution in [0.4, 0.5) is 28.4 Å². The van der Waals surface area contributed by atoms with Crippen LogP contribution in [0, 0.1) is 5.92 Å². The molecule has 2 aromatic heterocycles. The first kappa shape index (κ1) is 55.4. The van der Waals surface area contributed by atoms with E-state index >= 15 is 0 Å². The van der Waals surface area contributed by atoms with Gasteiger partial charge in [0.05, 0.1) is 11.0 Å². The number of benzene rings is 12. The number of hydrogen-bond donors (Lipinski definition) is 0. The molecule has 0 amide bonds. The minimum absolute atomic E-state index is 0.107. The summed E-state index contributed by atoms with van der Waals surface area (Å²) in [4.78, 5) is 5.20. The van der Waals surface area contributed by atoms with Crippen LogP contribution >= 0.6 is 11.3 Å². The molecule has 3 nitrogen and oxygen atoms in total. The molecule has 5 aliphatic carbocycles. The van der Waals surface area contributed by atoms with Crippen LogP contribution in [-0.2, 0) is 21.7 Å². The molecule has 19 rings (SSSR count). The van der Waals surface area contributed by atoms with Gasteiger partial charge in [0, 0.05) is 92.9 Å². The Morgan fingerprint density at radius 2 is 0.862 bits per heavy atom. The van der Waals surface area contributed by atoms with E-state index in [0.717, 1.165) is 45.3 Å². The average Bonchev–Trinajstić information content (AvgIpc) is 1.55. The molecule has 0 radical (unpaired) electrons. The zero-order valence-electron chi connectivity index (χ0n) is 54.4. The predicted octanol–water partition coefficient (Wildman–Crippen LogP) is 24.5. The van der Waals surface area contributed by atoms with Crippen molar-refractivity contribution in [3.05, 3.63) is 323 Å². The van der Waals surface area contributed by atoms with E-state index < -0.39 is 0 Å². The van der Waals surface area contributed by atoms with Crippen molar-refractivity contribution in [2.45, 2.75) is 83.0 Å². The van der Waals surface area contributed by atoms with Gasteiger partial charge in [-0.25, -0.2) is 0 Å². The van der Waals surface area contributed by atoms with Crippen molar-refractivity contribution in [1.29, 1.82) is 0 Å². The minimum atomic E-state index is -0.223.